The largest absolute Gasteiger partial charge is 0.507 e. The molecule has 26 heavy (non-hydrogen) atoms. The van der Waals surface area contributed by atoms with Crippen molar-refractivity contribution in [3.05, 3.63) is 83.4 Å². The van der Waals surface area contributed by atoms with E-state index in [4.69, 9.17) is 0 Å². The Bertz CT molecular complexity index is 1130. The van der Waals surface area contributed by atoms with Gasteiger partial charge in [0.15, 0.2) is 11.4 Å². The fraction of sp³-hybridized carbons (Fsp3) is 0.0500. The molecule has 2 heterocycles. The molecule has 0 unspecified atom stereocenters. The highest BCUT2D eigenvalue weighted by Crippen LogP contribution is 2.23. The van der Waals surface area contributed by atoms with E-state index >= 15 is 0 Å². The van der Waals surface area contributed by atoms with Crippen LogP contribution in [0.2, 0.25) is 0 Å². The topological polar surface area (TPSA) is 67.5 Å². The number of aromatic nitrogens is 3. The van der Waals surface area contributed by atoms with Gasteiger partial charge in [0.1, 0.15) is 11.6 Å². The average molecular weight is 347 g/mol. The predicted molar refractivity (Wildman–Crippen MR) is 94.7 cm³/mol. The van der Waals surface area contributed by atoms with Gasteiger partial charge in [-0.2, -0.15) is 5.10 Å². The van der Waals surface area contributed by atoms with Crippen molar-refractivity contribution in [3.63, 3.8) is 0 Å². The second-order valence-electron chi connectivity index (χ2n) is 6.03. The van der Waals surface area contributed by atoms with Crippen LogP contribution in [0.1, 0.15) is 21.5 Å². The molecule has 0 saturated heterocycles. The van der Waals surface area contributed by atoms with Crippen LogP contribution < -0.4 is 0 Å². The highest BCUT2D eigenvalue weighted by Gasteiger charge is 2.16. The lowest BCUT2D eigenvalue weighted by Gasteiger charge is -2.04. The summed E-state index contributed by atoms with van der Waals surface area (Å²) in [6.07, 6.45) is 2.91. The summed E-state index contributed by atoms with van der Waals surface area (Å²) < 4.78 is 14.9. The van der Waals surface area contributed by atoms with Crippen molar-refractivity contribution in [1.82, 2.24) is 14.6 Å². The van der Waals surface area contributed by atoms with Crippen molar-refractivity contribution >= 4 is 11.4 Å². The summed E-state index contributed by atoms with van der Waals surface area (Å²) in [5, 5.41) is 14.3. The molecule has 0 aliphatic carbocycles. The number of hydrogen-bond acceptors (Lipinski definition) is 4. The molecule has 0 bridgehead atoms. The van der Waals surface area contributed by atoms with Gasteiger partial charge in [0, 0.05) is 24.0 Å². The van der Waals surface area contributed by atoms with Crippen LogP contribution in [0.15, 0.2) is 60.9 Å². The first kappa shape index (κ1) is 16.0. The minimum atomic E-state index is -0.596. The number of rotatable bonds is 3. The molecule has 0 aliphatic heterocycles. The van der Waals surface area contributed by atoms with E-state index in [9.17, 15) is 14.3 Å². The van der Waals surface area contributed by atoms with Gasteiger partial charge >= 0.3 is 0 Å². The number of aryl methyl sites for hydroxylation is 1. The molecule has 0 saturated carbocycles. The molecule has 0 spiro atoms. The molecule has 128 valence electrons. The lowest BCUT2D eigenvalue weighted by atomic mass is 10.1. The van der Waals surface area contributed by atoms with E-state index in [0.29, 0.717) is 5.65 Å². The number of fused-ring (bicyclic) bond motifs is 1. The van der Waals surface area contributed by atoms with E-state index in [-0.39, 0.29) is 16.9 Å². The molecule has 4 aromatic rings. The molecule has 2 aromatic carbocycles. The summed E-state index contributed by atoms with van der Waals surface area (Å²) in [5.74, 6) is -1.40. The summed E-state index contributed by atoms with van der Waals surface area (Å²) in [5.41, 5.74) is 3.50. The number of aromatic hydroxyl groups is 1. The minimum Gasteiger partial charge on any atom is -0.507 e. The third-order valence-corrected chi connectivity index (χ3v) is 4.13. The van der Waals surface area contributed by atoms with Gasteiger partial charge in [-0.15, -0.1) is 0 Å². The molecular weight excluding hydrogens is 333 g/mol. The predicted octanol–water partition coefficient (Wildman–Crippen LogP) is 3.78. The number of carbonyl (C=O) groups excluding carboxylic acids is 1. The Morgan fingerprint density at radius 3 is 2.65 bits per heavy atom. The molecule has 0 atom stereocenters. The fourth-order valence-electron chi connectivity index (χ4n) is 2.71. The highest BCUT2D eigenvalue weighted by molar-refractivity contribution is 6.10. The Hall–Kier alpha value is -3.54. The van der Waals surface area contributed by atoms with Gasteiger partial charge in [0.2, 0.25) is 0 Å². The number of ketones is 1. The van der Waals surface area contributed by atoms with Crippen molar-refractivity contribution in [2.45, 2.75) is 6.92 Å². The first-order chi connectivity index (χ1) is 12.5. The second-order valence-corrected chi connectivity index (χ2v) is 6.03. The number of carbonyl (C=O) groups is 1. The van der Waals surface area contributed by atoms with Crippen molar-refractivity contribution in [2.24, 2.45) is 0 Å². The number of hydrogen-bond donors (Lipinski definition) is 1. The normalized spacial score (nSPS) is 11.0. The van der Waals surface area contributed by atoms with Gasteiger partial charge < -0.3 is 5.11 Å². The molecule has 0 radical (unpaired) electrons. The Kier molecular flexibility index (Phi) is 3.73. The molecule has 2 aromatic heterocycles. The smallest absolute Gasteiger partial charge is 0.199 e. The molecule has 1 N–H and O–H groups in total. The van der Waals surface area contributed by atoms with E-state index in [0.717, 1.165) is 35.0 Å². The number of phenolic OH excluding ortho intramolecular Hbond substituents is 1. The summed E-state index contributed by atoms with van der Waals surface area (Å²) in [6, 6.07) is 13.0. The zero-order chi connectivity index (χ0) is 18.3. The van der Waals surface area contributed by atoms with Crippen LogP contribution in [0.4, 0.5) is 4.39 Å². The van der Waals surface area contributed by atoms with E-state index in [1.807, 2.05) is 37.3 Å². The van der Waals surface area contributed by atoms with Crippen LogP contribution in [0.25, 0.3) is 16.9 Å². The lowest BCUT2D eigenvalue weighted by Crippen LogP contribution is -2.05. The summed E-state index contributed by atoms with van der Waals surface area (Å²) in [7, 11) is 0. The number of benzene rings is 2. The maximum Gasteiger partial charge on any atom is 0.199 e. The summed E-state index contributed by atoms with van der Waals surface area (Å²) >= 11 is 0. The number of halogens is 1. The molecule has 6 heteroatoms. The van der Waals surface area contributed by atoms with Gasteiger partial charge in [0.05, 0.1) is 16.8 Å². The second kappa shape index (κ2) is 6.07. The molecule has 0 fully saturated rings. The Labute approximate surface area is 148 Å². The van der Waals surface area contributed by atoms with Gasteiger partial charge in [0.25, 0.3) is 0 Å². The van der Waals surface area contributed by atoms with Crippen LogP contribution in [0, 0.1) is 12.7 Å². The first-order valence-corrected chi connectivity index (χ1v) is 7.97. The summed E-state index contributed by atoms with van der Waals surface area (Å²) in [6.45, 7) is 2.01. The van der Waals surface area contributed by atoms with Crippen LogP contribution in [-0.2, 0) is 0 Å². The zero-order valence-electron chi connectivity index (χ0n) is 13.8. The van der Waals surface area contributed by atoms with E-state index in [1.54, 1.807) is 0 Å². The van der Waals surface area contributed by atoms with Crippen molar-refractivity contribution in [2.75, 3.05) is 0 Å². The maximum atomic E-state index is 13.4. The molecule has 5 nitrogen and oxygen atoms in total. The van der Waals surface area contributed by atoms with Gasteiger partial charge in [-0.3, -0.25) is 4.79 Å². The molecule has 4 rings (SSSR count). The first-order valence-electron chi connectivity index (χ1n) is 7.97. The van der Waals surface area contributed by atoms with Gasteiger partial charge in [-0.05, 0) is 25.1 Å². The molecule has 0 aliphatic rings. The van der Waals surface area contributed by atoms with Gasteiger partial charge in [-0.1, -0.05) is 29.8 Å². The highest BCUT2D eigenvalue weighted by atomic mass is 19.1. The van der Waals surface area contributed by atoms with Crippen LogP contribution in [-0.4, -0.2) is 25.5 Å². The van der Waals surface area contributed by atoms with Crippen molar-refractivity contribution in [1.29, 1.82) is 0 Å². The Morgan fingerprint density at radius 2 is 1.88 bits per heavy atom. The lowest BCUT2D eigenvalue weighted by molar-refractivity contribution is 0.103. The quantitative estimate of drug-likeness (QED) is 0.573. The SMILES string of the molecule is Cc1ccc(-c2cc3ncc(C(=O)c4cc(F)ccc4O)cn3n2)cc1. The van der Waals surface area contributed by atoms with Crippen molar-refractivity contribution in [3.8, 4) is 17.0 Å². The third kappa shape index (κ3) is 2.82. The molecular formula is C20H14FN3O2. The monoisotopic (exact) mass is 347 g/mol. The fourth-order valence-corrected chi connectivity index (χ4v) is 2.71. The van der Waals surface area contributed by atoms with Crippen LogP contribution in [0.5, 0.6) is 5.75 Å². The van der Waals surface area contributed by atoms with Crippen LogP contribution >= 0.6 is 0 Å². The Balaban J connectivity index is 1.74. The van der Waals surface area contributed by atoms with E-state index in [1.165, 1.54) is 16.9 Å². The summed E-state index contributed by atoms with van der Waals surface area (Å²) in [4.78, 5) is 16.8. The third-order valence-electron chi connectivity index (χ3n) is 4.13. The average Bonchev–Trinajstić information content (AvgIpc) is 3.07. The maximum absolute atomic E-state index is 13.4. The van der Waals surface area contributed by atoms with Crippen molar-refractivity contribution < 1.29 is 14.3 Å². The molecule has 0 amide bonds. The minimum absolute atomic E-state index is 0.114. The van der Waals surface area contributed by atoms with E-state index in [2.05, 4.69) is 10.1 Å². The Morgan fingerprint density at radius 1 is 1.12 bits per heavy atom. The number of phenols is 1. The van der Waals surface area contributed by atoms with E-state index < -0.39 is 11.6 Å². The standard InChI is InChI=1S/C20H14FN3O2/c1-12-2-4-13(5-3-12)17-9-19-22-10-14(11-24(19)23-17)20(26)16-8-15(21)6-7-18(16)25/h2-11,25H,1H3. The van der Waals surface area contributed by atoms with Crippen LogP contribution in [0.3, 0.4) is 0 Å². The number of nitrogens with zero attached hydrogens (tertiary/aromatic N) is 3. The zero-order valence-corrected chi connectivity index (χ0v) is 13.8. The van der Waals surface area contributed by atoms with Gasteiger partial charge in [-0.25, -0.2) is 13.9 Å².